The van der Waals surface area contributed by atoms with Gasteiger partial charge in [-0.2, -0.15) is 0 Å². The third-order valence-corrected chi connectivity index (χ3v) is 6.96. The van der Waals surface area contributed by atoms with E-state index in [0.29, 0.717) is 31.8 Å². The molecule has 1 heterocycles. The second-order valence-corrected chi connectivity index (χ2v) is 9.57. The van der Waals surface area contributed by atoms with Crippen LogP contribution in [0.5, 0.6) is 0 Å². The first-order valence-corrected chi connectivity index (χ1v) is 12.6. The minimum absolute atomic E-state index is 0.0567. The van der Waals surface area contributed by atoms with Crippen LogP contribution in [-0.4, -0.2) is 35.2 Å². The first-order valence-electron chi connectivity index (χ1n) is 12.6. The van der Waals surface area contributed by atoms with E-state index in [4.69, 9.17) is 0 Å². The monoisotopic (exact) mass is 461 g/mol. The first-order chi connectivity index (χ1) is 16.6. The Morgan fingerprint density at radius 3 is 2.24 bits per heavy atom. The lowest BCUT2D eigenvalue weighted by molar-refractivity contribution is -0.137. The van der Waals surface area contributed by atoms with Crippen molar-refractivity contribution in [3.8, 4) is 0 Å². The first kappa shape index (κ1) is 24.0. The van der Waals surface area contributed by atoms with Gasteiger partial charge in [0, 0.05) is 19.5 Å². The molecular weight excluding hydrogens is 426 g/mol. The van der Waals surface area contributed by atoms with E-state index in [9.17, 15) is 14.4 Å². The fourth-order valence-electron chi connectivity index (χ4n) is 5.10. The minimum Gasteiger partial charge on any atom is -0.342 e. The van der Waals surface area contributed by atoms with Crippen LogP contribution in [0.15, 0.2) is 60.7 Å². The molecule has 2 aliphatic rings. The highest BCUT2D eigenvalue weighted by Crippen LogP contribution is 2.28. The summed E-state index contributed by atoms with van der Waals surface area (Å²) in [7, 11) is 0. The Labute approximate surface area is 202 Å². The van der Waals surface area contributed by atoms with Crippen molar-refractivity contribution < 1.29 is 14.4 Å². The van der Waals surface area contributed by atoms with E-state index >= 15 is 0 Å². The molecule has 1 saturated heterocycles. The van der Waals surface area contributed by atoms with Crippen LogP contribution in [0.4, 0.5) is 0 Å². The van der Waals surface area contributed by atoms with Crippen molar-refractivity contribution in [2.24, 2.45) is 5.92 Å². The van der Waals surface area contributed by atoms with Crippen LogP contribution < -0.4 is 10.6 Å². The molecule has 180 valence electrons. The number of carbonyl (C=O) groups excluding carboxylic acids is 3. The molecule has 0 unspecified atom stereocenters. The van der Waals surface area contributed by atoms with Gasteiger partial charge in [0.1, 0.15) is 12.1 Å². The van der Waals surface area contributed by atoms with E-state index in [2.05, 4.69) is 10.6 Å². The van der Waals surface area contributed by atoms with Crippen LogP contribution >= 0.6 is 0 Å². The van der Waals surface area contributed by atoms with E-state index in [1.54, 1.807) is 0 Å². The van der Waals surface area contributed by atoms with Crippen LogP contribution in [0.3, 0.4) is 0 Å². The number of nitrogens with one attached hydrogen (secondary N) is 2. The Balaban J connectivity index is 1.44. The number of carbonyl (C=O) groups is 3. The highest BCUT2D eigenvalue weighted by atomic mass is 16.2. The van der Waals surface area contributed by atoms with E-state index in [-0.39, 0.29) is 17.7 Å². The molecule has 1 aliphatic carbocycles. The zero-order valence-electron chi connectivity index (χ0n) is 19.7. The van der Waals surface area contributed by atoms with Gasteiger partial charge in [0.25, 0.3) is 0 Å². The van der Waals surface area contributed by atoms with Crippen molar-refractivity contribution in [3.05, 3.63) is 71.8 Å². The number of amides is 3. The predicted molar refractivity (Wildman–Crippen MR) is 132 cm³/mol. The van der Waals surface area contributed by atoms with Crippen LogP contribution in [-0.2, 0) is 20.9 Å². The molecule has 2 N–H and O–H groups in total. The lowest BCUT2D eigenvalue weighted by Gasteiger charge is -2.27. The van der Waals surface area contributed by atoms with Gasteiger partial charge >= 0.3 is 0 Å². The largest absolute Gasteiger partial charge is 0.342 e. The average molecular weight is 462 g/mol. The quantitative estimate of drug-likeness (QED) is 0.621. The smallest absolute Gasteiger partial charge is 0.247 e. The average Bonchev–Trinajstić information content (AvgIpc) is 3.31. The molecule has 2 atom stereocenters. The normalized spacial score (nSPS) is 19.9. The molecule has 6 nitrogen and oxygen atoms in total. The number of hydrogen-bond acceptors (Lipinski definition) is 3. The molecule has 2 aromatic carbocycles. The molecule has 0 bridgehead atoms. The molecule has 0 radical (unpaired) electrons. The van der Waals surface area contributed by atoms with Crippen molar-refractivity contribution >= 4 is 17.7 Å². The van der Waals surface area contributed by atoms with Crippen LogP contribution in [0, 0.1) is 5.92 Å². The van der Waals surface area contributed by atoms with Gasteiger partial charge in [-0.3, -0.25) is 14.4 Å². The Hall–Kier alpha value is -3.15. The van der Waals surface area contributed by atoms with Crippen LogP contribution in [0.1, 0.15) is 68.5 Å². The molecular formula is C28H35N3O3. The summed E-state index contributed by atoms with van der Waals surface area (Å²) in [5, 5.41) is 5.93. The Kier molecular flexibility index (Phi) is 8.34. The summed E-state index contributed by atoms with van der Waals surface area (Å²) in [6, 6.07) is 17.8. The molecule has 1 saturated carbocycles. The highest BCUT2D eigenvalue weighted by Gasteiger charge is 2.32. The van der Waals surface area contributed by atoms with Gasteiger partial charge in [0.2, 0.25) is 17.7 Å². The zero-order valence-corrected chi connectivity index (χ0v) is 19.7. The van der Waals surface area contributed by atoms with Gasteiger partial charge in [-0.1, -0.05) is 73.5 Å². The van der Waals surface area contributed by atoms with Crippen molar-refractivity contribution in [2.75, 3.05) is 6.54 Å². The van der Waals surface area contributed by atoms with Gasteiger partial charge < -0.3 is 15.5 Å². The van der Waals surface area contributed by atoms with E-state index in [0.717, 1.165) is 36.8 Å². The van der Waals surface area contributed by atoms with Gasteiger partial charge in [0.15, 0.2) is 0 Å². The van der Waals surface area contributed by atoms with Crippen molar-refractivity contribution in [3.63, 3.8) is 0 Å². The number of nitrogens with zero attached hydrogens (tertiary/aromatic N) is 1. The van der Waals surface area contributed by atoms with Crippen molar-refractivity contribution in [2.45, 2.75) is 70.0 Å². The maximum Gasteiger partial charge on any atom is 0.247 e. The lowest BCUT2D eigenvalue weighted by atomic mass is 10.0. The summed E-state index contributed by atoms with van der Waals surface area (Å²) < 4.78 is 0. The number of benzene rings is 2. The summed E-state index contributed by atoms with van der Waals surface area (Å²) in [6.45, 7) is 1.21. The summed E-state index contributed by atoms with van der Waals surface area (Å²) in [5.41, 5.74) is 1.80. The number of likely N-dealkylation sites (tertiary alicyclic amines) is 1. The summed E-state index contributed by atoms with van der Waals surface area (Å²) >= 11 is 0. The maximum absolute atomic E-state index is 13.4. The summed E-state index contributed by atoms with van der Waals surface area (Å²) in [4.78, 5) is 41.4. The standard InChI is InChI=1S/C28H35N3O3/c32-25(19-21-11-7-8-12-21)30-26(23-15-5-2-6-16-23)27(33)29-24-17-9-10-18-31(28(24)34)20-22-13-3-1-4-14-22/h1-6,13-16,21,24,26H,7-12,17-20H2,(H,29,33)(H,30,32)/t24-,26-/m0/s1. The molecule has 4 rings (SSSR count). The van der Waals surface area contributed by atoms with Gasteiger partial charge in [-0.25, -0.2) is 0 Å². The zero-order chi connectivity index (χ0) is 23.8. The Bertz CT molecular complexity index is 957. The summed E-state index contributed by atoms with van der Waals surface area (Å²) in [6.07, 6.45) is 7.31. The Morgan fingerprint density at radius 1 is 0.882 bits per heavy atom. The highest BCUT2D eigenvalue weighted by molar-refractivity contribution is 5.93. The van der Waals surface area contributed by atoms with E-state index < -0.39 is 12.1 Å². The number of hydrogen-bond donors (Lipinski definition) is 2. The molecule has 1 aliphatic heterocycles. The Morgan fingerprint density at radius 2 is 1.53 bits per heavy atom. The van der Waals surface area contributed by atoms with Gasteiger partial charge in [-0.15, -0.1) is 0 Å². The lowest BCUT2D eigenvalue weighted by Crippen LogP contribution is -2.50. The molecule has 34 heavy (non-hydrogen) atoms. The minimum atomic E-state index is -0.811. The third-order valence-electron chi connectivity index (χ3n) is 6.96. The second kappa shape index (κ2) is 11.8. The molecule has 2 aromatic rings. The molecule has 2 fully saturated rings. The predicted octanol–water partition coefficient (Wildman–Crippen LogP) is 4.12. The second-order valence-electron chi connectivity index (χ2n) is 9.57. The van der Waals surface area contributed by atoms with Crippen molar-refractivity contribution in [1.29, 1.82) is 0 Å². The van der Waals surface area contributed by atoms with E-state index in [1.165, 1.54) is 12.8 Å². The molecule has 3 amide bonds. The molecule has 0 spiro atoms. The maximum atomic E-state index is 13.4. The van der Waals surface area contributed by atoms with Crippen LogP contribution in [0.25, 0.3) is 0 Å². The van der Waals surface area contributed by atoms with Crippen molar-refractivity contribution in [1.82, 2.24) is 15.5 Å². The van der Waals surface area contributed by atoms with Gasteiger partial charge in [-0.05, 0) is 49.1 Å². The fourth-order valence-corrected chi connectivity index (χ4v) is 5.10. The fraction of sp³-hybridized carbons (Fsp3) is 0.464. The van der Waals surface area contributed by atoms with Crippen LogP contribution in [0.2, 0.25) is 0 Å². The van der Waals surface area contributed by atoms with Gasteiger partial charge in [0.05, 0.1) is 0 Å². The molecule has 6 heteroatoms. The SMILES string of the molecule is O=C(CC1CCCC1)N[C@H](C(=O)N[C@H]1CCCCN(Cc2ccccc2)C1=O)c1ccccc1. The summed E-state index contributed by atoms with van der Waals surface area (Å²) in [5.74, 6) is -0.0899. The van der Waals surface area contributed by atoms with E-state index in [1.807, 2.05) is 65.6 Å². The topological polar surface area (TPSA) is 78.5 Å². The third kappa shape index (κ3) is 6.46. The molecule has 0 aromatic heterocycles. The number of rotatable bonds is 8.